The van der Waals surface area contributed by atoms with Crippen molar-refractivity contribution in [3.8, 4) is 11.6 Å². The van der Waals surface area contributed by atoms with E-state index in [1.807, 2.05) is 30.3 Å². The number of aromatic hydroxyl groups is 1. The van der Waals surface area contributed by atoms with Crippen LogP contribution < -0.4 is 11.2 Å². The first kappa shape index (κ1) is 22.5. The zero-order chi connectivity index (χ0) is 24.4. The van der Waals surface area contributed by atoms with Crippen LogP contribution >= 0.6 is 0 Å². The van der Waals surface area contributed by atoms with Gasteiger partial charge in [0, 0.05) is 18.2 Å². The number of anilines is 1. The van der Waals surface area contributed by atoms with Crippen LogP contribution in [-0.4, -0.2) is 60.0 Å². The molecule has 0 spiro atoms. The Bertz CT molecular complexity index is 1390. The molecule has 0 bridgehead atoms. The number of fused-ring (bicyclic) bond motifs is 1. The van der Waals surface area contributed by atoms with E-state index in [0.29, 0.717) is 23.8 Å². The van der Waals surface area contributed by atoms with Gasteiger partial charge in [0.05, 0.1) is 11.9 Å². The highest BCUT2D eigenvalue weighted by atomic mass is 16.6. The highest BCUT2D eigenvalue weighted by molar-refractivity contribution is 6.03. The van der Waals surface area contributed by atoms with Gasteiger partial charge in [0.15, 0.2) is 5.69 Å². The van der Waals surface area contributed by atoms with Gasteiger partial charge in [0.1, 0.15) is 5.75 Å². The van der Waals surface area contributed by atoms with Gasteiger partial charge in [0.25, 0.3) is 5.91 Å². The summed E-state index contributed by atoms with van der Waals surface area (Å²) in [4.78, 5) is 15.3. The fourth-order valence-corrected chi connectivity index (χ4v) is 4.34. The highest BCUT2D eigenvalue weighted by Crippen LogP contribution is 2.26. The molecule has 1 aliphatic rings. The van der Waals surface area contributed by atoms with Gasteiger partial charge in [-0.3, -0.25) is 9.69 Å². The number of hydrogen-bond acceptors (Lipinski definition) is 10. The number of nitrogens with zero attached hydrogens (tertiary/aromatic N) is 7. The van der Waals surface area contributed by atoms with Crippen LogP contribution in [0.3, 0.4) is 0 Å². The third kappa shape index (κ3) is 4.43. The van der Waals surface area contributed by atoms with E-state index >= 15 is 0 Å². The van der Waals surface area contributed by atoms with E-state index < -0.39 is 5.91 Å². The number of nitrogen functional groups attached to an aromatic ring is 1. The standard InChI is InChI=1S/C23H25N9O3/c1-14-6-4-5-11-31(14)13-18-20(26-30-32(18)22-21(24)28-35-29-22)23(34)27-25-12-17-16-8-3-2-7-15(16)9-10-19(17)33/h2-3,7-10,12,14,33H,4-6,11,13H2,1H3,(H2,24,28)(H,27,34)/b25-12+/t14-/m1/s1. The van der Waals surface area contributed by atoms with Crippen LogP contribution in [0.2, 0.25) is 0 Å². The lowest BCUT2D eigenvalue weighted by Gasteiger charge is -2.33. The number of amides is 1. The summed E-state index contributed by atoms with van der Waals surface area (Å²) >= 11 is 0. The summed E-state index contributed by atoms with van der Waals surface area (Å²) in [5.74, 6) is -0.289. The quantitative estimate of drug-likeness (QED) is 0.280. The predicted octanol–water partition coefficient (Wildman–Crippen LogP) is 2.23. The second-order valence-electron chi connectivity index (χ2n) is 8.50. The summed E-state index contributed by atoms with van der Waals surface area (Å²) in [6, 6.07) is 11.3. The van der Waals surface area contributed by atoms with Crippen LogP contribution in [0.1, 0.15) is 47.9 Å². The molecule has 1 aliphatic heterocycles. The van der Waals surface area contributed by atoms with Gasteiger partial charge in [-0.1, -0.05) is 42.0 Å². The number of benzene rings is 2. The van der Waals surface area contributed by atoms with Crippen molar-refractivity contribution in [2.75, 3.05) is 12.3 Å². The van der Waals surface area contributed by atoms with Crippen molar-refractivity contribution in [1.82, 2.24) is 35.6 Å². The monoisotopic (exact) mass is 475 g/mol. The minimum absolute atomic E-state index is 0.0410. The van der Waals surface area contributed by atoms with Crippen LogP contribution in [0.5, 0.6) is 5.75 Å². The second kappa shape index (κ2) is 9.50. The molecule has 180 valence electrons. The molecule has 3 heterocycles. The van der Waals surface area contributed by atoms with Gasteiger partial charge < -0.3 is 10.8 Å². The molecule has 2 aromatic heterocycles. The van der Waals surface area contributed by atoms with Gasteiger partial charge in [-0.2, -0.15) is 9.78 Å². The maximum absolute atomic E-state index is 13.1. The zero-order valence-electron chi connectivity index (χ0n) is 19.1. The Kier molecular flexibility index (Phi) is 6.10. The van der Waals surface area contributed by atoms with Gasteiger partial charge in [0.2, 0.25) is 11.6 Å². The van der Waals surface area contributed by atoms with Crippen molar-refractivity contribution in [1.29, 1.82) is 0 Å². The van der Waals surface area contributed by atoms with E-state index in [0.717, 1.165) is 30.2 Å². The van der Waals surface area contributed by atoms with Crippen molar-refractivity contribution >= 4 is 28.7 Å². The topological polar surface area (TPSA) is 161 Å². The maximum atomic E-state index is 13.1. The Morgan fingerprint density at radius 3 is 2.94 bits per heavy atom. The van der Waals surface area contributed by atoms with E-state index in [2.05, 4.69) is 43.0 Å². The van der Waals surface area contributed by atoms with Crippen molar-refractivity contribution in [2.45, 2.75) is 38.8 Å². The minimum Gasteiger partial charge on any atom is -0.507 e. The van der Waals surface area contributed by atoms with Gasteiger partial charge in [-0.15, -0.1) is 5.10 Å². The third-order valence-corrected chi connectivity index (χ3v) is 6.28. The molecule has 0 unspecified atom stereocenters. The molecule has 4 N–H and O–H groups in total. The zero-order valence-corrected chi connectivity index (χ0v) is 19.1. The average molecular weight is 476 g/mol. The van der Waals surface area contributed by atoms with Gasteiger partial charge in [-0.25, -0.2) is 10.1 Å². The van der Waals surface area contributed by atoms with Gasteiger partial charge in [-0.05, 0) is 53.5 Å². The number of aromatic nitrogens is 5. The molecule has 12 heteroatoms. The van der Waals surface area contributed by atoms with Crippen LogP contribution in [0.4, 0.5) is 5.82 Å². The third-order valence-electron chi connectivity index (χ3n) is 6.28. The number of phenolic OH excluding ortho intramolecular Hbond substituents is 1. The molecular weight excluding hydrogens is 450 g/mol. The van der Waals surface area contributed by atoms with E-state index in [1.54, 1.807) is 6.07 Å². The molecule has 1 atom stereocenters. The average Bonchev–Trinajstić information content (AvgIpc) is 3.47. The first-order chi connectivity index (χ1) is 17.0. The highest BCUT2D eigenvalue weighted by Gasteiger charge is 2.28. The van der Waals surface area contributed by atoms with Crippen molar-refractivity contribution in [3.05, 3.63) is 53.3 Å². The molecule has 12 nitrogen and oxygen atoms in total. The minimum atomic E-state index is -0.554. The molecule has 1 saturated heterocycles. The Hall–Kier alpha value is -4.32. The Morgan fingerprint density at radius 1 is 1.29 bits per heavy atom. The second-order valence-corrected chi connectivity index (χ2v) is 8.50. The van der Waals surface area contributed by atoms with E-state index in [-0.39, 0.29) is 23.1 Å². The number of nitrogens with two attached hydrogens (primary N) is 1. The van der Waals surface area contributed by atoms with Crippen LogP contribution in [-0.2, 0) is 6.54 Å². The molecule has 0 aliphatic carbocycles. The SMILES string of the molecule is C[C@@H]1CCCCN1Cc1c(C(=O)N/N=C/c2c(O)ccc3ccccc23)nnn1-c1nonc1N. The summed E-state index contributed by atoms with van der Waals surface area (Å²) < 4.78 is 6.10. The summed E-state index contributed by atoms with van der Waals surface area (Å²) in [5.41, 5.74) is 9.46. The molecule has 1 fully saturated rings. The van der Waals surface area contributed by atoms with E-state index in [4.69, 9.17) is 10.4 Å². The number of carbonyl (C=O) groups excluding carboxylic acids is 1. The number of phenols is 1. The number of rotatable bonds is 6. The number of likely N-dealkylation sites (tertiary alicyclic amines) is 1. The Morgan fingerprint density at radius 2 is 2.14 bits per heavy atom. The molecule has 5 rings (SSSR count). The fourth-order valence-electron chi connectivity index (χ4n) is 4.34. The molecule has 2 aromatic carbocycles. The molecule has 1 amide bonds. The molecule has 35 heavy (non-hydrogen) atoms. The number of hydrazone groups is 1. The van der Waals surface area contributed by atoms with E-state index in [9.17, 15) is 9.90 Å². The Labute approximate surface area is 200 Å². The number of piperidine rings is 1. The molecule has 0 saturated carbocycles. The van der Waals surface area contributed by atoms with Crippen molar-refractivity contribution in [2.24, 2.45) is 5.10 Å². The first-order valence-electron chi connectivity index (χ1n) is 11.3. The first-order valence-corrected chi connectivity index (χ1v) is 11.3. The lowest BCUT2D eigenvalue weighted by atomic mass is 10.0. The number of carbonyl (C=O) groups is 1. The summed E-state index contributed by atoms with van der Waals surface area (Å²) in [5, 5.41) is 31.7. The largest absolute Gasteiger partial charge is 0.507 e. The maximum Gasteiger partial charge on any atom is 0.293 e. The predicted molar refractivity (Wildman–Crippen MR) is 128 cm³/mol. The van der Waals surface area contributed by atoms with Crippen molar-refractivity contribution in [3.63, 3.8) is 0 Å². The van der Waals surface area contributed by atoms with Crippen LogP contribution in [0.15, 0.2) is 46.1 Å². The fraction of sp³-hybridized carbons (Fsp3) is 0.304. The Balaban J connectivity index is 1.43. The normalized spacial score (nSPS) is 16.8. The molecule has 0 radical (unpaired) electrons. The lowest BCUT2D eigenvalue weighted by Crippen LogP contribution is -2.38. The summed E-state index contributed by atoms with van der Waals surface area (Å²) in [7, 11) is 0. The smallest absolute Gasteiger partial charge is 0.293 e. The summed E-state index contributed by atoms with van der Waals surface area (Å²) in [6.07, 6.45) is 4.71. The van der Waals surface area contributed by atoms with Gasteiger partial charge >= 0.3 is 0 Å². The molecule has 4 aromatic rings. The number of hydrogen-bond donors (Lipinski definition) is 3. The van der Waals surface area contributed by atoms with Crippen LogP contribution in [0.25, 0.3) is 16.6 Å². The van der Waals surface area contributed by atoms with Crippen molar-refractivity contribution < 1.29 is 14.5 Å². The van der Waals surface area contributed by atoms with E-state index in [1.165, 1.54) is 17.3 Å². The summed E-state index contributed by atoms with van der Waals surface area (Å²) in [6.45, 7) is 3.45. The number of nitrogens with one attached hydrogen (secondary N) is 1. The molecular formula is C23H25N9O3. The lowest BCUT2D eigenvalue weighted by molar-refractivity contribution is 0.0945. The van der Waals surface area contributed by atoms with Crippen LogP contribution in [0, 0.1) is 0 Å².